The number of guanidine groups is 1. The van der Waals surface area contributed by atoms with Crippen molar-refractivity contribution in [2.24, 2.45) is 39.9 Å². The third-order valence-electron chi connectivity index (χ3n) is 16.3. The van der Waals surface area contributed by atoms with Crippen molar-refractivity contribution in [1.82, 2.24) is 79.3 Å². The molecule has 105 heavy (non-hydrogen) atoms. The predicted molar refractivity (Wildman–Crippen MR) is 385 cm³/mol. The van der Waals surface area contributed by atoms with Gasteiger partial charge >= 0.3 is 5.97 Å². The second kappa shape index (κ2) is 45.6. The maximum Gasteiger partial charge on any atom is 0.303 e. The Morgan fingerprint density at radius 3 is 1.41 bits per heavy atom. The molecule has 3 rings (SSSR count). The fraction of sp³-hybridized carbons (Fsp3) is 0.714. The summed E-state index contributed by atoms with van der Waals surface area (Å²) in [6.07, 6.45) is -4.41. The summed E-state index contributed by atoms with van der Waals surface area (Å²) in [6, 6.07) is -19.5. The van der Waals surface area contributed by atoms with Gasteiger partial charge < -0.3 is 112 Å². The van der Waals surface area contributed by atoms with Gasteiger partial charge in [-0.15, -0.1) is 0 Å². The summed E-state index contributed by atoms with van der Waals surface area (Å²) >= 11 is 1.22. The first-order valence-corrected chi connectivity index (χ1v) is 38.3. The minimum atomic E-state index is -1.95. The fourth-order valence-corrected chi connectivity index (χ4v) is 13.8. The molecule has 3 fully saturated rings. The number of thioether (sulfide) groups is 1. The molecule has 3 aliphatic rings. The third-order valence-corrected chi connectivity index (χ3v) is 19.3. The number of carboxylic acid groups (broad SMARTS) is 1. The van der Waals surface area contributed by atoms with Gasteiger partial charge in [-0.3, -0.25) is 86.5 Å². The number of hydrogen-bond donors (Lipinski definition) is 20. The molecule has 39 nitrogen and oxygen atoms in total. The fourth-order valence-electron chi connectivity index (χ4n) is 11.0. The van der Waals surface area contributed by atoms with Gasteiger partial charge in [-0.1, -0.05) is 63.1 Å². The van der Waals surface area contributed by atoms with Gasteiger partial charge in [-0.25, -0.2) is 0 Å². The van der Waals surface area contributed by atoms with E-state index in [0.29, 0.717) is 6.42 Å². The van der Waals surface area contributed by atoms with Crippen LogP contribution < -0.4 is 91.6 Å². The van der Waals surface area contributed by atoms with E-state index in [1.54, 1.807) is 47.8 Å². The zero-order valence-electron chi connectivity index (χ0n) is 60.4. The monoisotopic (exact) mass is 1540 g/mol. The Morgan fingerprint density at radius 2 is 0.914 bits per heavy atom. The Bertz CT molecular complexity index is 3130. The third kappa shape index (κ3) is 32.6. The number of amides is 16. The van der Waals surface area contributed by atoms with Gasteiger partial charge in [0, 0.05) is 31.0 Å². The van der Waals surface area contributed by atoms with Crippen LogP contribution in [0, 0.1) is 17.8 Å². The summed E-state index contributed by atoms with van der Waals surface area (Å²) in [5.74, 6) is -20.3. The van der Waals surface area contributed by atoms with Gasteiger partial charge in [0.2, 0.25) is 94.5 Å². The van der Waals surface area contributed by atoms with E-state index >= 15 is 0 Å². The summed E-state index contributed by atoms with van der Waals surface area (Å²) in [6.45, 7) is 9.83. The summed E-state index contributed by atoms with van der Waals surface area (Å²) in [7, 11) is 1.58. The molecule has 14 unspecified atom stereocenters. The highest BCUT2D eigenvalue weighted by atomic mass is 33.1. The average molecular weight is 1540 g/mol. The highest BCUT2D eigenvalue weighted by Crippen LogP contribution is 2.25. The molecule has 590 valence electrons. The molecule has 0 radical (unpaired) electrons. The summed E-state index contributed by atoms with van der Waals surface area (Å²) in [4.78, 5) is 243. The number of carbonyl (C=O) groups excluding carboxylic acids is 16. The predicted octanol–water partition coefficient (Wildman–Crippen LogP) is -7.49. The molecule has 14 atom stereocenters. The number of carbonyl (C=O) groups is 17. The summed E-state index contributed by atoms with van der Waals surface area (Å²) in [5.41, 5.74) is 16.6. The molecule has 23 N–H and O–H groups in total. The van der Waals surface area contributed by atoms with E-state index in [9.17, 15) is 96.8 Å². The topological polar surface area (TPSA) is 613 Å². The number of carboxylic acids is 1. The van der Waals surface area contributed by atoms with Gasteiger partial charge in [0.1, 0.15) is 72.5 Å². The van der Waals surface area contributed by atoms with Crippen molar-refractivity contribution < 1.29 is 96.8 Å². The zero-order chi connectivity index (χ0) is 78.9. The first-order chi connectivity index (χ1) is 49.3. The highest BCUT2D eigenvalue weighted by molar-refractivity contribution is 8.76. The van der Waals surface area contributed by atoms with Crippen molar-refractivity contribution >= 4 is 140 Å². The minimum absolute atomic E-state index is 0.0317. The number of rotatable bonds is 20. The number of aliphatic hydroxyl groups excluding tert-OH is 2. The van der Waals surface area contributed by atoms with Crippen LogP contribution in [0.25, 0.3) is 0 Å². The standard InChI is InChI=1S/C63H105N19O20S3/c1-29(2)20-37-51(91)68-24-45(86)71-40(22-31(5)6)62(102)82-18-11-13-43(82)59(99)81-50(33(8)84)61(101)78-38(21-30(3)4)52(92)69-25-46(87)72-41-27-104-105-28-42(58(98)76-37)79-54(94)34(12-10-17-67-63(65)66)73-55(95)35(14-15-48(89)90)75-60(100)49(32(7)83)80-47(88)26-70-53(93)39(23-44(64)85)77-56(96)36(16-19-103-9)74-57(41)97/h29-43,49-50,83-84H,10-28H2,1-9H3,(H2,64,85)(H,68,91)(H,69,92)(H,70,93)(H,71,86)(H,72,87)(H,73,95)(H,74,97)(H,75,100)(H,76,98)(H,77,96)(H,78,101)(H,79,94)(H,80,88)(H,81,99)(H,89,90)(H4,65,66,67). The van der Waals surface area contributed by atoms with Crippen LogP contribution in [-0.4, -0.2) is 268 Å². The van der Waals surface area contributed by atoms with Crippen molar-refractivity contribution in [2.45, 2.75) is 211 Å². The Morgan fingerprint density at radius 1 is 0.495 bits per heavy atom. The van der Waals surface area contributed by atoms with Crippen molar-refractivity contribution in [2.75, 3.05) is 56.2 Å². The van der Waals surface area contributed by atoms with E-state index in [4.69, 9.17) is 17.2 Å². The van der Waals surface area contributed by atoms with E-state index in [1.807, 2.05) is 0 Å². The molecule has 0 aliphatic carbocycles. The molecule has 42 heteroatoms. The van der Waals surface area contributed by atoms with E-state index in [-0.39, 0.29) is 87.5 Å². The number of nitrogens with one attached hydrogen (secondary N) is 14. The maximum atomic E-state index is 14.9. The Kier molecular flexibility index (Phi) is 39.2. The first kappa shape index (κ1) is 90.4. The molecule has 0 saturated carbocycles. The summed E-state index contributed by atoms with van der Waals surface area (Å²) in [5, 5.41) is 65.7. The van der Waals surface area contributed by atoms with E-state index < -0.39 is 236 Å². The van der Waals surface area contributed by atoms with Crippen LogP contribution in [0.1, 0.15) is 126 Å². The number of hydrogen-bond acceptors (Lipinski definition) is 23. The summed E-state index contributed by atoms with van der Waals surface area (Å²) < 4.78 is 0. The van der Waals surface area contributed by atoms with Crippen LogP contribution in [-0.2, 0) is 81.5 Å². The number of aliphatic carboxylic acids is 1. The van der Waals surface area contributed by atoms with Gasteiger partial charge in [-0.05, 0) is 101 Å². The number of fused-ring (bicyclic) bond motifs is 6. The van der Waals surface area contributed by atoms with Gasteiger partial charge in [0.15, 0.2) is 5.96 Å². The quantitative estimate of drug-likeness (QED) is 0.0233. The van der Waals surface area contributed by atoms with E-state index in [2.05, 4.69) is 79.4 Å². The number of aliphatic imine (C=N–C) groups is 1. The van der Waals surface area contributed by atoms with Gasteiger partial charge in [0.25, 0.3) is 0 Å². The Hall–Kier alpha value is -8.77. The zero-order valence-corrected chi connectivity index (χ0v) is 62.8. The van der Waals surface area contributed by atoms with Crippen LogP contribution in [0.5, 0.6) is 0 Å². The second-order valence-electron chi connectivity index (χ2n) is 26.8. The van der Waals surface area contributed by atoms with Crippen LogP contribution in [0.3, 0.4) is 0 Å². The highest BCUT2D eigenvalue weighted by Gasteiger charge is 2.42. The smallest absolute Gasteiger partial charge is 0.303 e. The lowest BCUT2D eigenvalue weighted by Gasteiger charge is -2.31. The lowest BCUT2D eigenvalue weighted by molar-refractivity contribution is -0.143. The SMILES string of the molecule is CSCCC1NC(=O)C2CSSCC(NC(=O)C(CCCN=C(N)N)NC(=O)C(CCC(=O)O)NC(=O)C(C(C)O)NC(=O)CNC(=O)C(CC(N)=O)NC1=O)C(=O)NC(CC(C)C)C(=O)NCC(=O)NC(CC(C)C)C(=O)N1CCCC1C(=O)NC(C(C)O)C(=O)NC(CC(C)C)C(=O)NCC(=O)N2. The molecule has 0 aromatic carbocycles. The van der Waals surface area contributed by atoms with Crippen molar-refractivity contribution in [3.63, 3.8) is 0 Å². The molecule has 3 heterocycles. The van der Waals surface area contributed by atoms with Gasteiger partial charge in [0.05, 0.1) is 38.3 Å². The van der Waals surface area contributed by atoms with Gasteiger partial charge in [-0.2, -0.15) is 11.8 Å². The Labute approximate surface area is 620 Å². The molecule has 16 amide bonds. The molecule has 3 saturated heterocycles. The molecule has 0 aromatic heterocycles. The van der Waals surface area contributed by atoms with E-state index in [1.165, 1.54) is 23.6 Å². The average Bonchev–Trinajstić information content (AvgIpc) is 1.73. The maximum absolute atomic E-state index is 14.9. The number of nitrogens with two attached hydrogens (primary N) is 3. The number of primary amides is 1. The molecule has 0 spiro atoms. The molecule has 3 aliphatic heterocycles. The van der Waals surface area contributed by atoms with Crippen LogP contribution in [0.2, 0.25) is 0 Å². The normalized spacial score (nSPS) is 26.7. The van der Waals surface area contributed by atoms with Crippen molar-refractivity contribution in [1.29, 1.82) is 0 Å². The second-order valence-corrected chi connectivity index (χ2v) is 30.4. The molecule has 2 bridgehead atoms. The molecular weight excluding hydrogens is 1440 g/mol. The minimum Gasteiger partial charge on any atom is -0.481 e. The Balaban J connectivity index is 2.39. The lowest BCUT2D eigenvalue weighted by Crippen LogP contribution is -2.61. The molecule has 0 aromatic rings. The van der Waals surface area contributed by atoms with Crippen LogP contribution >= 0.6 is 33.3 Å². The first-order valence-electron chi connectivity index (χ1n) is 34.4. The van der Waals surface area contributed by atoms with Crippen molar-refractivity contribution in [3.05, 3.63) is 0 Å². The van der Waals surface area contributed by atoms with Crippen LogP contribution in [0.4, 0.5) is 0 Å². The largest absolute Gasteiger partial charge is 0.481 e. The van der Waals surface area contributed by atoms with Crippen molar-refractivity contribution in [3.8, 4) is 0 Å². The lowest BCUT2D eigenvalue weighted by atomic mass is 10.0. The number of nitrogens with zero attached hydrogens (tertiary/aromatic N) is 2. The molecular formula is C63H105N19O20S3. The van der Waals surface area contributed by atoms with Crippen LogP contribution in [0.15, 0.2) is 4.99 Å². The van der Waals surface area contributed by atoms with E-state index in [0.717, 1.165) is 28.5 Å². The number of aliphatic hydroxyl groups is 2.